The zero-order chi connectivity index (χ0) is 13.8. The molecule has 2 aromatic rings. The van der Waals surface area contributed by atoms with Crippen LogP contribution < -0.4 is 0 Å². The predicted octanol–water partition coefficient (Wildman–Crippen LogP) is -1.14. The fraction of sp³-hybridized carbons (Fsp3) is 0.778. The van der Waals surface area contributed by atoms with Crippen LogP contribution in [0, 0.1) is 0 Å². The van der Waals surface area contributed by atoms with Crippen molar-refractivity contribution in [3.8, 4) is 0 Å². The highest BCUT2D eigenvalue weighted by atomic mass is 16.3. The van der Waals surface area contributed by atoms with Crippen molar-refractivity contribution in [2.45, 2.75) is 45.6 Å². The molecule has 2 atom stereocenters. The number of nitrogens with zero attached hydrogens (tertiary/aromatic N) is 8. The Bertz CT molecular complexity index is 474. The lowest BCUT2D eigenvalue weighted by Crippen LogP contribution is -2.13. The number of rotatable bonds is 6. The van der Waals surface area contributed by atoms with Crippen LogP contribution in [0.15, 0.2) is 0 Å². The van der Waals surface area contributed by atoms with Crippen molar-refractivity contribution in [2.75, 3.05) is 0 Å². The van der Waals surface area contributed by atoms with Crippen LogP contribution in [0.3, 0.4) is 0 Å². The Balaban J connectivity index is 1.93. The van der Waals surface area contributed by atoms with E-state index in [9.17, 15) is 10.2 Å². The zero-order valence-corrected chi connectivity index (χ0v) is 10.7. The summed E-state index contributed by atoms with van der Waals surface area (Å²) in [5.41, 5.74) is 0. The van der Waals surface area contributed by atoms with Gasteiger partial charge in [-0.1, -0.05) is 0 Å². The first-order chi connectivity index (χ1) is 9.09. The first-order valence-electron chi connectivity index (χ1n) is 5.99. The molecular weight excluding hydrogens is 252 g/mol. The molecule has 0 aliphatic heterocycles. The first-order valence-corrected chi connectivity index (χ1v) is 5.99. The van der Waals surface area contributed by atoms with Crippen LogP contribution >= 0.6 is 0 Å². The average molecular weight is 268 g/mol. The maximum absolute atomic E-state index is 9.44. The Morgan fingerprint density at radius 1 is 0.895 bits per heavy atom. The lowest BCUT2D eigenvalue weighted by molar-refractivity contribution is 0.104. The van der Waals surface area contributed by atoms with Gasteiger partial charge in [-0.25, -0.2) is 9.36 Å². The second-order valence-corrected chi connectivity index (χ2v) is 4.20. The van der Waals surface area contributed by atoms with Crippen LogP contribution in [0.2, 0.25) is 0 Å². The molecule has 0 saturated heterocycles. The standard InChI is InChI=1S/C9H16N8O2/c1-6(18)16-8(10-12-14-16)4-3-5-9-11-13-15-17(9)7(2)19/h6-7,18-19H,3-5H2,1-2H3. The van der Waals surface area contributed by atoms with Gasteiger partial charge in [-0.05, 0) is 41.1 Å². The third-order valence-electron chi connectivity index (χ3n) is 2.63. The van der Waals surface area contributed by atoms with Gasteiger partial charge in [0.05, 0.1) is 0 Å². The minimum Gasteiger partial charge on any atom is -0.372 e. The molecule has 0 spiro atoms. The predicted molar refractivity (Wildman–Crippen MR) is 61.5 cm³/mol. The van der Waals surface area contributed by atoms with Crippen LogP contribution in [0.5, 0.6) is 0 Å². The lowest BCUT2D eigenvalue weighted by Gasteiger charge is -2.07. The second kappa shape index (κ2) is 5.80. The van der Waals surface area contributed by atoms with E-state index in [-0.39, 0.29) is 0 Å². The Morgan fingerprint density at radius 3 is 1.68 bits per heavy atom. The monoisotopic (exact) mass is 268 g/mol. The molecule has 2 heterocycles. The Labute approximate surface area is 109 Å². The highest BCUT2D eigenvalue weighted by Crippen LogP contribution is 2.08. The number of tetrazole rings is 2. The van der Waals surface area contributed by atoms with Crippen LogP contribution in [-0.2, 0) is 12.8 Å². The number of hydrogen-bond acceptors (Lipinski definition) is 8. The summed E-state index contributed by atoms with van der Waals surface area (Å²) in [6.45, 7) is 3.18. The van der Waals surface area contributed by atoms with E-state index in [0.717, 1.165) is 0 Å². The largest absolute Gasteiger partial charge is 0.372 e. The highest BCUT2D eigenvalue weighted by molar-refractivity contribution is 4.87. The molecule has 2 rings (SSSR count). The van der Waals surface area contributed by atoms with Gasteiger partial charge in [0, 0.05) is 12.8 Å². The fourth-order valence-electron chi connectivity index (χ4n) is 1.74. The quantitative estimate of drug-likeness (QED) is 0.672. The number of aliphatic hydroxyl groups is 2. The third-order valence-corrected chi connectivity index (χ3v) is 2.63. The molecule has 10 heteroatoms. The van der Waals surface area contributed by atoms with Gasteiger partial charge in [0.25, 0.3) is 0 Å². The summed E-state index contributed by atoms with van der Waals surface area (Å²) in [4.78, 5) is 0. The van der Waals surface area contributed by atoms with Crippen molar-refractivity contribution in [3.05, 3.63) is 11.6 Å². The van der Waals surface area contributed by atoms with Gasteiger partial charge in [-0.15, -0.1) is 10.2 Å². The number of aryl methyl sites for hydroxylation is 2. The van der Waals surface area contributed by atoms with Gasteiger partial charge in [-0.2, -0.15) is 0 Å². The summed E-state index contributed by atoms with van der Waals surface area (Å²) in [7, 11) is 0. The normalized spacial score (nSPS) is 14.5. The second-order valence-electron chi connectivity index (χ2n) is 4.20. The van der Waals surface area contributed by atoms with Gasteiger partial charge >= 0.3 is 0 Å². The summed E-state index contributed by atoms with van der Waals surface area (Å²) < 4.78 is 2.72. The molecule has 0 radical (unpaired) electrons. The SMILES string of the molecule is CC(O)n1nnnc1CCCc1nnnn1C(C)O. The molecule has 0 saturated carbocycles. The van der Waals surface area contributed by atoms with Crippen molar-refractivity contribution in [1.29, 1.82) is 0 Å². The van der Waals surface area contributed by atoms with E-state index in [0.29, 0.717) is 30.9 Å². The topological polar surface area (TPSA) is 128 Å². The van der Waals surface area contributed by atoms with Gasteiger partial charge < -0.3 is 10.2 Å². The maximum atomic E-state index is 9.44. The van der Waals surface area contributed by atoms with E-state index in [1.165, 1.54) is 9.36 Å². The lowest BCUT2D eigenvalue weighted by atomic mass is 10.2. The van der Waals surface area contributed by atoms with Crippen LogP contribution in [0.1, 0.15) is 44.4 Å². The zero-order valence-electron chi connectivity index (χ0n) is 10.7. The van der Waals surface area contributed by atoms with Gasteiger partial charge in [0.15, 0.2) is 11.6 Å². The maximum Gasteiger partial charge on any atom is 0.154 e. The highest BCUT2D eigenvalue weighted by Gasteiger charge is 2.13. The van der Waals surface area contributed by atoms with E-state index in [2.05, 4.69) is 31.1 Å². The van der Waals surface area contributed by atoms with Crippen LogP contribution in [0.25, 0.3) is 0 Å². The first kappa shape index (κ1) is 13.5. The van der Waals surface area contributed by atoms with E-state index in [1.54, 1.807) is 13.8 Å². The van der Waals surface area contributed by atoms with Crippen LogP contribution in [0.4, 0.5) is 0 Å². The molecule has 0 aliphatic rings. The van der Waals surface area contributed by atoms with E-state index < -0.39 is 12.5 Å². The Hall–Kier alpha value is -1.94. The number of aromatic nitrogens is 8. The fourth-order valence-corrected chi connectivity index (χ4v) is 1.74. The smallest absolute Gasteiger partial charge is 0.154 e. The van der Waals surface area contributed by atoms with Gasteiger partial charge in [0.2, 0.25) is 0 Å². The van der Waals surface area contributed by atoms with E-state index in [4.69, 9.17) is 0 Å². The molecule has 2 N–H and O–H groups in total. The van der Waals surface area contributed by atoms with E-state index in [1.807, 2.05) is 0 Å². The minimum atomic E-state index is -0.757. The molecule has 2 aromatic heterocycles. The number of hydrogen-bond donors (Lipinski definition) is 2. The van der Waals surface area contributed by atoms with Gasteiger partial charge in [-0.3, -0.25) is 0 Å². The summed E-state index contributed by atoms with van der Waals surface area (Å²) in [6, 6.07) is 0. The van der Waals surface area contributed by atoms with Crippen molar-refractivity contribution < 1.29 is 10.2 Å². The van der Waals surface area contributed by atoms with Gasteiger partial charge in [0.1, 0.15) is 12.5 Å². The van der Waals surface area contributed by atoms with Crippen molar-refractivity contribution >= 4 is 0 Å². The summed E-state index contributed by atoms with van der Waals surface area (Å²) >= 11 is 0. The molecule has 104 valence electrons. The molecule has 0 bridgehead atoms. The summed E-state index contributed by atoms with van der Waals surface area (Å²) in [5.74, 6) is 1.21. The van der Waals surface area contributed by atoms with Crippen molar-refractivity contribution in [2.24, 2.45) is 0 Å². The molecule has 2 unspecified atom stereocenters. The average Bonchev–Trinajstić information content (AvgIpc) is 2.96. The van der Waals surface area contributed by atoms with Crippen LogP contribution in [-0.4, -0.2) is 50.6 Å². The molecule has 0 aromatic carbocycles. The number of aliphatic hydroxyl groups excluding tert-OH is 2. The van der Waals surface area contributed by atoms with Crippen molar-refractivity contribution in [1.82, 2.24) is 40.4 Å². The molecule has 19 heavy (non-hydrogen) atoms. The molecule has 0 aliphatic carbocycles. The van der Waals surface area contributed by atoms with Crippen molar-refractivity contribution in [3.63, 3.8) is 0 Å². The molecular formula is C9H16N8O2. The third kappa shape index (κ3) is 3.09. The summed E-state index contributed by atoms with van der Waals surface area (Å²) in [6.07, 6.45) is 0.371. The van der Waals surface area contributed by atoms with E-state index >= 15 is 0 Å². The molecule has 10 nitrogen and oxygen atoms in total. The molecule has 0 amide bonds. The molecule has 0 fully saturated rings. The Kier molecular flexibility index (Phi) is 4.12. The summed E-state index contributed by atoms with van der Waals surface area (Å²) in [5, 5.41) is 41.0. The Morgan fingerprint density at radius 2 is 1.32 bits per heavy atom. The minimum absolute atomic E-state index is 0.588.